The number of carbonyl (C=O) groups is 2. The average molecular weight is 540 g/mol. The molecule has 0 radical (unpaired) electrons. The van der Waals surface area contributed by atoms with Crippen molar-refractivity contribution in [3.8, 4) is 23.1 Å². The van der Waals surface area contributed by atoms with E-state index in [-0.39, 0.29) is 34.4 Å². The molecule has 0 unspecified atom stereocenters. The Morgan fingerprint density at radius 3 is 2.67 bits per heavy atom. The summed E-state index contributed by atoms with van der Waals surface area (Å²) in [6.07, 6.45) is 0.984. The van der Waals surface area contributed by atoms with E-state index in [4.69, 9.17) is 11.5 Å². The van der Waals surface area contributed by atoms with E-state index < -0.39 is 23.7 Å². The molecule has 3 heterocycles. The van der Waals surface area contributed by atoms with Crippen molar-refractivity contribution < 1.29 is 22.8 Å². The summed E-state index contributed by atoms with van der Waals surface area (Å²) in [5.74, 6) is 4.47. The number of hydrogen-bond donors (Lipinski definition) is 2. The number of primary amides is 1. The number of nitrogens with two attached hydrogens (primary N) is 2. The summed E-state index contributed by atoms with van der Waals surface area (Å²) in [4.78, 5) is 26.3. The summed E-state index contributed by atoms with van der Waals surface area (Å²) >= 11 is 0. The van der Waals surface area contributed by atoms with Crippen LogP contribution >= 0.6 is 0 Å². The zero-order valence-corrected chi connectivity index (χ0v) is 21.5. The highest BCUT2D eigenvalue weighted by Gasteiger charge is 2.51. The second-order valence-electron chi connectivity index (χ2n) is 10.3. The van der Waals surface area contributed by atoms with E-state index in [1.54, 1.807) is 35.7 Å². The monoisotopic (exact) mass is 539 g/mol. The van der Waals surface area contributed by atoms with Gasteiger partial charge in [-0.3, -0.25) is 14.3 Å². The van der Waals surface area contributed by atoms with Crippen LogP contribution in [0.4, 0.5) is 19.0 Å². The van der Waals surface area contributed by atoms with Gasteiger partial charge in [0, 0.05) is 24.8 Å². The minimum absolute atomic E-state index is 0.0353. The minimum atomic E-state index is -4.46. The van der Waals surface area contributed by atoms with Crippen molar-refractivity contribution in [1.29, 1.82) is 0 Å². The van der Waals surface area contributed by atoms with Crippen molar-refractivity contribution in [3.05, 3.63) is 53.3 Å². The quantitative estimate of drug-likeness (QED) is 0.479. The van der Waals surface area contributed by atoms with Gasteiger partial charge in [0.1, 0.15) is 17.1 Å². The molecule has 4 N–H and O–H groups in total. The summed E-state index contributed by atoms with van der Waals surface area (Å²) in [6, 6.07) is 4.48. The highest BCUT2D eigenvalue weighted by atomic mass is 19.4. The topological polar surface area (TPSA) is 125 Å². The number of anilines is 1. The number of halogens is 3. The van der Waals surface area contributed by atoms with Crippen LogP contribution in [-0.2, 0) is 11.0 Å². The molecular formula is C27H28F3N7O2. The lowest BCUT2D eigenvalue weighted by Crippen LogP contribution is -2.42. The minimum Gasteiger partial charge on any atom is -0.383 e. The third-order valence-corrected chi connectivity index (χ3v) is 7.80. The maximum absolute atomic E-state index is 13.2. The number of benzene rings is 1. The third kappa shape index (κ3) is 4.73. The number of hydrogen-bond acceptors (Lipinski definition) is 5. The first-order valence-electron chi connectivity index (χ1n) is 12.5. The lowest BCUT2D eigenvalue weighted by Gasteiger charge is -2.45. The number of alkyl halides is 3. The second-order valence-corrected chi connectivity index (χ2v) is 10.3. The van der Waals surface area contributed by atoms with Crippen LogP contribution in [0.1, 0.15) is 66.7 Å². The van der Waals surface area contributed by atoms with E-state index in [1.165, 1.54) is 16.9 Å². The largest absolute Gasteiger partial charge is 0.416 e. The van der Waals surface area contributed by atoms with Crippen LogP contribution in [0.5, 0.6) is 0 Å². The van der Waals surface area contributed by atoms with Crippen molar-refractivity contribution in [2.24, 2.45) is 11.1 Å². The molecule has 1 atom stereocenters. The van der Waals surface area contributed by atoms with E-state index >= 15 is 0 Å². The first-order chi connectivity index (χ1) is 18.4. The average Bonchev–Trinajstić information content (AvgIpc) is 3.59. The molecule has 204 valence electrons. The smallest absolute Gasteiger partial charge is 0.383 e. The highest BCUT2D eigenvalue weighted by molar-refractivity contribution is 6.03. The predicted molar refractivity (Wildman–Crippen MR) is 137 cm³/mol. The molecule has 2 amide bonds. The molecule has 5 rings (SSSR count). The maximum Gasteiger partial charge on any atom is 0.416 e. The van der Waals surface area contributed by atoms with E-state index in [1.807, 2.05) is 0 Å². The first-order valence-corrected chi connectivity index (χ1v) is 12.5. The Kier molecular flexibility index (Phi) is 6.40. The van der Waals surface area contributed by atoms with Gasteiger partial charge in [-0.2, -0.15) is 23.4 Å². The summed E-state index contributed by atoms with van der Waals surface area (Å²) in [5.41, 5.74) is 12.5. The summed E-state index contributed by atoms with van der Waals surface area (Å²) < 4.78 is 42.7. The van der Waals surface area contributed by atoms with E-state index in [9.17, 15) is 22.8 Å². The van der Waals surface area contributed by atoms with E-state index in [2.05, 4.69) is 22.0 Å². The van der Waals surface area contributed by atoms with Crippen LogP contribution in [0.3, 0.4) is 0 Å². The van der Waals surface area contributed by atoms with Crippen molar-refractivity contribution in [2.75, 3.05) is 18.8 Å². The van der Waals surface area contributed by atoms with Crippen LogP contribution in [0, 0.1) is 17.3 Å². The van der Waals surface area contributed by atoms with Crippen LogP contribution in [0.15, 0.2) is 36.7 Å². The Morgan fingerprint density at radius 1 is 1.26 bits per heavy atom. The molecule has 39 heavy (non-hydrogen) atoms. The van der Waals surface area contributed by atoms with Gasteiger partial charge in [-0.1, -0.05) is 18.1 Å². The number of rotatable bonds is 5. The predicted octanol–water partition coefficient (Wildman–Crippen LogP) is 3.63. The van der Waals surface area contributed by atoms with Gasteiger partial charge in [0.15, 0.2) is 0 Å². The maximum atomic E-state index is 13.2. The van der Waals surface area contributed by atoms with E-state index in [0.717, 1.165) is 31.4 Å². The summed E-state index contributed by atoms with van der Waals surface area (Å²) in [6.45, 7) is 4.63. The highest BCUT2D eigenvalue weighted by Crippen LogP contribution is 2.54. The Morgan fingerprint density at radius 2 is 2.00 bits per heavy atom. The molecule has 1 saturated heterocycles. The molecule has 1 aliphatic carbocycles. The lowest BCUT2D eigenvalue weighted by molar-refractivity contribution is -0.137. The Balaban J connectivity index is 1.38. The van der Waals surface area contributed by atoms with Crippen LogP contribution in [-0.4, -0.2) is 49.4 Å². The molecule has 9 nitrogen and oxygen atoms in total. The summed E-state index contributed by atoms with van der Waals surface area (Å²) in [7, 11) is 0. The number of likely N-dealkylation sites (tertiary alicyclic amines) is 1. The third-order valence-electron chi connectivity index (χ3n) is 7.80. The molecule has 2 aliphatic rings. The van der Waals surface area contributed by atoms with Crippen molar-refractivity contribution in [1.82, 2.24) is 24.5 Å². The molecule has 1 spiro atoms. The molecule has 12 heteroatoms. The standard InChI is InChI=1S/C27H28F3N7O2/c1-3-5-21(38)35-9-8-26(15-35)11-20(12-26)37-24(31)22(25(32)39)23(34-37)18-13-33-36(14-18)16(2)17-6-4-7-19(10-17)27(28,29)30/h4,6-7,10,13-14,16,20H,8-9,11-12,15,31H2,1-2H3,(H2,32,39)/t16-,20?,26?/m1/s1. The van der Waals surface area contributed by atoms with Crippen LogP contribution in [0.25, 0.3) is 11.3 Å². The normalized spacial score (nSPS) is 21.4. The van der Waals surface area contributed by atoms with Gasteiger partial charge in [0.2, 0.25) is 0 Å². The molecule has 2 fully saturated rings. The molecule has 1 aliphatic heterocycles. The Labute approximate surface area is 222 Å². The summed E-state index contributed by atoms with van der Waals surface area (Å²) in [5, 5.41) is 8.96. The first kappa shape index (κ1) is 26.3. The molecule has 2 aromatic heterocycles. The number of aromatic nitrogens is 4. The Hall–Kier alpha value is -4.27. The van der Waals surface area contributed by atoms with Crippen molar-refractivity contribution in [3.63, 3.8) is 0 Å². The van der Waals surface area contributed by atoms with Crippen molar-refractivity contribution in [2.45, 2.75) is 51.4 Å². The van der Waals surface area contributed by atoms with Gasteiger partial charge in [-0.25, -0.2) is 4.68 Å². The van der Waals surface area contributed by atoms with Crippen molar-refractivity contribution >= 4 is 17.6 Å². The van der Waals surface area contributed by atoms with Gasteiger partial charge in [0.25, 0.3) is 11.8 Å². The lowest BCUT2D eigenvalue weighted by atomic mass is 9.65. The molecule has 0 bridgehead atoms. The molecule has 3 aromatic rings. The number of nitrogens with zero attached hydrogens (tertiary/aromatic N) is 5. The second kappa shape index (κ2) is 9.48. The zero-order valence-electron chi connectivity index (χ0n) is 21.5. The fourth-order valence-electron chi connectivity index (χ4n) is 5.71. The number of carbonyl (C=O) groups excluding carboxylic acids is 2. The van der Waals surface area contributed by atoms with Gasteiger partial charge < -0.3 is 16.4 Å². The fraction of sp³-hybridized carbons (Fsp3) is 0.407. The Bertz CT molecular complexity index is 1510. The van der Waals surface area contributed by atoms with Gasteiger partial charge in [-0.15, -0.1) is 0 Å². The van der Waals surface area contributed by atoms with Gasteiger partial charge in [0.05, 0.1) is 23.8 Å². The van der Waals surface area contributed by atoms with Crippen LogP contribution in [0.2, 0.25) is 0 Å². The molecular weight excluding hydrogens is 511 g/mol. The van der Waals surface area contributed by atoms with Gasteiger partial charge >= 0.3 is 6.18 Å². The number of amides is 2. The van der Waals surface area contributed by atoms with Crippen LogP contribution < -0.4 is 11.5 Å². The van der Waals surface area contributed by atoms with Gasteiger partial charge in [-0.05, 0) is 62.1 Å². The SMILES string of the molecule is CC#CC(=O)N1CCC2(CC(n3nc(-c4cnn([C@H](C)c5cccc(C(F)(F)F)c5)c4)c(C(N)=O)c3N)C2)C1. The zero-order chi connectivity index (χ0) is 28.1. The molecule has 1 aromatic carbocycles. The number of nitrogen functional groups attached to an aromatic ring is 1. The van der Waals surface area contributed by atoms with E-state index in [0.29, 0.717) is 24.2 Å². The molecule has 1 saturated carbocycles. The fourth-order valence-corrected chi connectivity index (χ4v) is 5.71.